The van der Waals surface area contributed by atoms with Gasteiger partial charge in [-0.15, -0.1) is 0 Å². The second-order valence-corrected chi connectivity index (χ2v) is 11.4. The third-order valence-electron chi connectivity index (χ3n) is 6.54. The Balaban J connectivity index is 0.0000109. The summed E-state index contributed by atoms with van der Waals surface area (Å²) in [5.74, 6) is 0.935. The van der Waals surface area contributed by atoms with Gasteiger partial charge in [0.1, 0.15) is 5.75 Å². The van der Waals surface area contributed by atoms with Gasteiger partial charge >= 0.3 is 29.6 Å². The van der Waals surface area contributed by atoms with Gasteiger partial charge in [0.15, 0.2) is 0 Å². The molecule has 0 N–H and O–H groups in total. The normalized spacial score (nSPS) is 12.4. The van der Waals surface area contributed by atoms with Gasteiger partial charge in [0, 0.05) is 5.25 Å². The average Bonchev–Trinajstić information content (AvgIpc) is 2.78. The van der Waals surface area contributed by atoms with Crippen molar-refractivity contribution in [1.29, 1.82) is 0 Å². The predicted molar refractivity (Wildman–Crippen MR) is 139 cm³/mol. The van der Waals surface area contributed by atoms with Crippen molar-refractivity contribution in [3.05, 3.63) is 29.3 Å². The van der Waals surface area contributed by atoms with E-state index in [1.54, 1.807) is 0 Å². The Morgan fingerprint density at radius 3 is 1.59 bits per heavy atom. The molecule has 0 aromatic heterocycles. The summed E-state index contributed by atoms with van der Waals surface area (Å²) in [7, 11) is -4.26. The Hall–Kier alpha value is -0.0700. The first-order valence-electron chi connectivity index (χ1n) is 13.6. The molecule has 0 saturated heterocycles. The van der Waals surface area contributed by atoms with E-state index in [0.29, 0.717) is 0 Å². The molecule has 0 fully saturated rings. The first-order valence-corrected chi connectivity index (χ1v) is 15.1. The molecule has 34 heavy (non-hydrogen) atoms. The molecule has 4 nitrogen and oxygen atoms in total. The topological polar surface area (TPSA) is 66.4 Å². The van der Waals surface area contributed by atoms with E-state index in [1.807, 2.05) is 0 Å². The summed E-state index contributed by atoms with van der Waals surface area (Å²) in [5, 5.41) is -0.917. The van der Waals surface area contributed by atoms with E-state index in [1.165, 1.54) is 95.1 Å². The van der Waals surface area contributed by atoms with Crippen LogP contribution in [0.15, 0.2) is 18.2 Å². The van der Waals surface area contributed by atoms with E-state index in [4.69, 9.17) is 4.74 Å². The first-order chi connectivity index (χ1) is 15.9. The molecular weight excluding hydrogens is 455 g/mol. The van der Waals surface area contributed by atoms with Crippen LogP contribution in [-0.4, -0.2) is 24.8 Å². The minimum absolute atomic E-state index is 0. The van der Waals surface area contributed by atoms with E-state index in [9.17, 15) is 13.0 Å². The van der Waals surface area contributed by atoms with E-state index < -0.39 is 15.4 Å². The Morgan fingerprint density at radius 2 is 1.18 bits per heavy atom. The number of benzene rings is 1. The number of para-hydroxylation sites is 1. The fourth-order valence-electron chi connectivity index (χ4n) is 4.23. The number of hydrogen-bond acceptors (Lipinski definition) is 4. The minimum atomic E-state index is -4.26. The molecular formula is C28H49NaO4S. The summed E-state index contributed by atoms with van der Waals surface area (Å²) in [6.45, 7) is 6.22. The molecule has 0 amide bonds. The molecule has 0 heterocycles. The van der Waals surface area contributed by atoms with Crippen molar-refractivity contribution in [3.8, 4) is 5.75 Å². The maximum atomic E-state index is 11.2. The summed E-state index contributed by atoms with van der Waals surface area (Å²) in [6.07, 6.45) is 20.0. The predicted octanol–water partition coefficient (Wildman–Crippen LogP) is 4.98. The molecule has 192 valence electrons. The molecule has 0 aliphatic heterocycles. The monoisotopic (exact) mass is 504 g/mol. The van der Waals surface area contributed by atoms with E-state index in [0.717, 1.165) is 31.4 Å². The van der Waals surface area contributed by atoms with E-state index in [-0.39, 0.29) is 42.6 Å². The van der Waals surface area contributed by atoms with Crippen LogP contribution >= 0.6 is 0 Å². The van der Waals surface area contributed by atoms with E-state index in [2.05, 4.69) is 32.0 Å². The zero-order valence-electron chi connectivity index (χ0n) is 22.6. The zero-order chi connectivity index (χ0) is 24.4. The summed E-state index contributed by atoms with van der Waals surface area (Å²) >= 11 is 0. The van der Waals surface area contributed by atoms with Crippen LogP contribution in [0.4, 0.5) is 0 Å². The van der Waals surface area contributed by atoms with Crippen LogP contribution < -0.4 is 34.3 Å². The molecule has 0 bridgehead atoms. The van der Waals surface area contributed by atoms with Crippen molar-refractivity contribution in [3.63, 3.8) is 0 Å². The molecule has 0 aliphatic carbocycles. The molecule has 1 aromatic rings. The number of aryl methyl sites for hydroxylation is 2. The number of hydrogen-bond donors (Lipinski definition) is 0. The SMILES string of the molecule is CCCCCCCCCc1cccc(CCCCCCCCC)c1OCCC(C)S(=O)(=O)[O-].[Na+]. The smallest absolute Gasteiger partial charge is 0.748 e. The summed E-state index contributed by atoms with van der Waals surface area (Å²) < 4.78 is 39.9. The van der Waals surface area contributed by atoms with Crippen molar-refractivity contribution in [2.75, 3.05) is 6.61 Å². The van der Waals surface area contributed by atoms with Gasteiger partial charge < -0.3 is 9.29 Å². The number of unbranched alkanes of at least 4 members (excludes halogenated alkanes) is 12. The fourth-order valence-corrected chi connectivity index (χ4v) is 4.62. The van der Waals surface area contributed by atoms with Crippen molar-refractivity contribution in [2.24, 2.45) is 0 Å². The van der Waals surface area contributed by atoms with Gasteiger partial charge in [-0.1, -0.05) is 109 Å². The number of ether oxygens (including phenoxy) is 1. The van der Waals surface area contributed by atoms with Gasteiger partial charge in [-0.05, 0) is 50.2 Å². The molecule has 0 radical (unpaired) electrons. The van der Waals surface area contributed by atoms with Gasteiger partial charge in [-0.25, -0.2) is 8.42 Å². The molecule has 1 aromatic carbocycles. The Morgan fingerprint density at radius 1 is 0.765 bits per heavy atom. The number of rotatable bonds is 21. The zero-order valence-corrected chi connectivity index (χ0v) is 25.4. The van der Waals surface area contributed by atoms with Crippen molar-refractivity contribution < 1.29 is 47.3 Å². The average molecular weight is 505 g/mol. The van der Waals surface area contributed by atoms with Gasteiger partial charge in [-0.2, -0.15) is 0 Å². The van der Waals surface area contributed by atoms with Gasteiger partial charge in [-0.3, -0.25) is 0 Å². The summed E-state index contributed by atoms with van der Waals surface area (Å²) in [6, 6.07) is 6.42. The van der Waals surface area contributed by atoms with Crippen molar-refractivity contribution >= 4 is 10.1 Å². The molecule has 1 atom stereocenters. The molecule has 0 spiro atoms. The Bertz CT molecular complexity index is 685. The molecule has 0 aliphatic rings. The maximum Gasteiger partial charge on any atom is 1.00 e. The third-order valence-corrected chi connectivity index (χ3v) is 7.76. The third kappa shape index (κ3) is 15.8. The van der Waals surface area contributed by atoms with Crippen LogP contribution in [0.5, 0.6) is 5.75 Å². The Kier molecular flexibility index (Phi) is 21.0. The first kappa shape index (κ1) is 33.9. The van der Waals surface area contributed by atoms with Crippen molar-refractivity contribution in [2.45, 2.75) is 135 Å². The molecule has 6 heteroatoms. The van der Waals surface area contributed by atoms with Crippen LogP contribution in [0.2, 0.25) is 0 Å². The second-order valence-electron chi connectivity index (χ2n) is 9.59. The quantitative estimate of drug-likeness (QED) is 0.135. The van der Waals surface area contributed by atoms with Gasteiger partial charge in [0.25, 0.3) is 0 Å². The van der Waals surface area contributed by atoms with Crippen LogP contribution in [0.1, 0.15) is 128 Å². The van der Waals surface area contributed by atoms with E-state index >= 15 is 0 Å². The van der Waals surface area contributed by atoms with Crippen LogP contribution in [-0.2, 0) is 23.0 Å². The second kappa shape index (κ2) is 21.1. The molecule has 0 saturated carbocycles. The van der Waals surface area contributed by atoms with Gasteiger partial charge in [0.05, 0.1) is 16.7 Å². The molecule has 1 unspecified atom stereocenters. The van der Waals surface area contributed by atoms with Gasteiger partial charge in [0.2, 0.25) is 0 Å². The minimum Gasteiger partial charge on any atom is -0.748 e. The van der Waals surface area contributed by atoms with Crippen LogP contribution in [0.3, 0.4) is 0 Å². The summed E-state index contributed by atoms with van der Waals surface area (Å²) in [4.78, 5) is 0. The summed E-state index contributed by atoms with van der Waals surface area (Å²) in [5.41, 5.74) is 2.45. The molecule has 1 rings (SSSR count). The maximum absolute atomic E-state index is 11.2. The Labute approximate surface area is 233 Å². The standard InChI is InChI=1S/C28H50O4S.Na/c1-4-6-8-10-12-14-16-19-26-21-18-22-27(20-17-15-13-11-9-7-5-2)28(26)32-24-23-25(3)33(29,30)31;/h18,21-22,25H,4-17,19-20,23-24H2,1-3H3,(H,29,30,31);/q;+1/p-1. The van der Waals surface area contributed by atoms with Crippen LogP contribution in [0.25, 0.3) is 0 Å². The largest absolute Gasteiger partial charge is 1.00 e. The van der Waals surface area contributed by atoms with Crippen LogP contribution in [0, 0.1) is 0 Å². The fraction of sp³-hybridized carbons (Fsp3) is 0.786. The van der Waals surface area contributed by atoms with Crippen molar-refractivity contribution in [1.82, 2.24) is 0 Å².